The minimum atomic E-state index is 0.326. The molecule has 2 N–H and O–H groups in total. The van der Waals surface area contributed by atoms with E-state index in [9.17, 15) is 0 Å². The van der Waals surface area contributed by atoms with Crippen molar-refractivity contribution in [3.63, 3.8) is 0 Å². The second-order valence-corrected chi connectivity index (χ2v) is 5.12. The molecule has 0 aliphatic heterocycles. The normalized spacial score (nSPS) is 13.0. The first kappa shape index (κ1) is 13.2. The molecule has 1 aromatic heterocycles. The lowest BCUT2D eigenvalue weighted by Gasteiger charge is -2.12. The molecule has 3 nitrogen and oxygen atoms in total. The van der Waals surface area contributed by atoms with Crippen LogP contribution in [0.2, 0.25) is 5.02 Å². The van der Waals surface area contributed by atoms with Gasteiger partial charge in [0.15, 0.2) is 0 Å². The third kappa shape index (κ3) is 1.88. The van der Waals surface area contributed by atoms with Crippen molar-refractivity contribution in [2.75, 3.05) is 13.7 Å². The second-order valence-electron chi connectivity index (χ2n) is 4.71. The molecule has 0 saturated carbocycles. The highest BCUT2D eigenvalue weighted by atomic mass is 35.5. The van der Waals surface area contributed by atoms with Crippen LogP contribution in [0.3, 0.4) is 0 Å². The van der Waals surface area contributed by atoms with Gasteiger partial charge in [-0.2, -0.15) is 0 Å². The van der Waals surface area contributed by atoms with E-state index in [-0.39, 0.29) is 0 Å². The molecule has 1 heterocycles. The molecule has 0 fully saturated rings. The fourth-order valence-corrected chi connectivity index (χ4v) is 2.84. The highest BCUT2D eigenvalue weighted by molar-refractivity contribution is 6.32. The number of rotatable bonds is 3. The SMILES string of the molecule is COc1cc2c(C)c(C(C)CN)n(C)c2cc1Cl. The minimum absolute atomic E-state index is 0.326. The number of methoxy groups -OCH3 is 1. The molecule has 4 heteroatoms. The maximum absolute atomic E-state index is 6.19. The summed E-state index contributed by atoms with van der Waals surface area (Å²) in [6, 6.07) is 3.95. The molecule has 0 amide bonds. The van der Waals surface area contributed by atoms with Gasteiger partial charge in [-0.1, -0.05) is 18.5 Å². The van der Waals surface area contributed by atoms with Crippen LogP contribution in [-0.2, 0) is 7.05 Å². The fourth-order valence-electron chi connectivity index (χ4n) is 2.61. The summed E-state index contributed by atoms with van der Waals surface area (Å²) in [6.45, 7) is 4.90. The number of ether oxygens (including phenoxy) is 1. The lowest BCUT2D eigenvalue weighted by atomic mass is 10.0. The molecular weight excluding hydrogens is 248 g/mol. The first-order valence-electron chi connectivity index (χ1n) is 6.03. The van der Waals surface area contributed by atoms with Crippen LogP contribution in [0.15, 0.2) is 12.1 Å². The van der Waals surface area contributed by atoms with Gasteiger partial charge in [0.25, 0.3) is 0 Å². The maximum atomic E-state index is 6.19. The number of aryl methyl sites for hydroxylation is 2. The quantitative estimate of drug-likeness (QED) is 0.927. The summed E-state index contributed by atoms with van der Waals surface area (Å²) in [5, 5.41) is 1.81. The van der Waals surface area contributed by atoms with Crippen molar-refractivity contribution in [3.05, 3.63) is 28.4 Å². The zero-order chi connectivity index (χ0) is 13.4. The number of aromatic nitrogens is 1. The van der Waals surface area contributed by atoms with Gasteiger partial charge < -0.3 is 15.0 Å². The Morgan fingerprint density at radius 2 is 2.11 bits per heavy atom. The molecule has 18 heavy (non-hydrogen) atoms. The third-order valence-corrected chi connectivity index (χ3v) is 3.90. The Morgan fingerprint density at radius 3 is 2.67 bits per heavy atom. The van der Waals surface area contributed by atoms with Gasteiger partial charge in [0.05, 0.1) is 12.1 Å². The van der Waals surface area contributed by atoms with Crippen LogP contribution < -0.4 is 10.5 Å². The van der Waals surface area contributed by atoms with Gasteiger partial charge in [-0.05, 0) is 24.6 Å². The average Bonchev–Trinajstić information content (AvgIpc) is 2.60. The first-order chi connectivity index (χ1) is 8.51. The van der Waals surface area contributed by atoms with Gasteiger partial charge in [0, 0.05) is 36.1 Å². The number of nitrogens with two attached hydrogens (primary N) is 1. The summed E-state index contributed by atoms with van der Waals surface area (Å²) in [7, 11) is 3.69. The molecule has 0 aliphatic carbocycles. The highest BCUT2D eigenvalue weighted by Gasteiger charge is 2.18. The van der Waals surface area contributed by atoms with E-state index in [1.54, 1.807) is 7.11 Å². The smallest absolute Gasteiger partial charge is 0.138 e. The number of nitrogens with zero attached hydrogens (tertiary/aromatic N) is 1. The summed E-state index contributed by atoms with van der Waals surface area (Å²) in [5.41, 5.74) is 9.42. The van der Waals surface area contributed by atoms with Crippen molar-refractivity contribution in [1.29, 1.82) is 0 Å². The highest BCUT2D eigenvalue weighted by Crippen LogP contribution is 2.35. The first-order valence-corrected chi connectivity index (χ1v) is 6.41. The number of hydrogen-bond acceptors (Lipinski definition) is 2. The molecule has 0 spiro atoms. The predicted molar refractivity (Wildman–Crippen MR) is 76.7 cm³/mol. The van der Waals surface area contributed by atoms with Gasteiger partial charge in [0.1, 0.15) is 5.75 Å². The van der Waals surface area contributed by atoms with Crippen molar-refractivity contribution >= 4 is 22.5 Å². The summed E-state index contributed by atoms with van der Waals surface area (Å²) in [4.78, 5) is 0. The number of hydrogen-bond donors (Lipinski definition) is 1. The molecule has 2 rings (SSSR count). The molecule has 0 bridgehead atoms. The molecule has 1 atom stereocenters. The Labute approximate surface area is 112 Å². The monoisotopic (exact) mass is 266 g/mol. The van der Waals surface area contributed by atoms with Crippen molar-refractivity contribution in [1.82, 2.24) is 4.57 Å². The molecular formula is C14H19ClN2O. The molecule has 0 radical (unpaired) electrons. The predicted octanol–water partition coefficient (Wildman–Crippen LogP) is 3.21. The Bertz CT molecular complexity index is 589. The van der Waals surface area contributed by atoms with Crippen LogP contribution in [0.25, 0.3) is 10.9 Å². The molecule has 0 saturated heterocycles. The van der Waals surface area contributed by atoms with E-state index in [0.717, 1.165) is 5.52 Å². The Kier molecular flexibility index (Phi) is 3.55. The zero-order valence-corrected chi connectivity index (χ0v) is 12.0. The Hall–Kier alpha value is -1.19. The maximum Gasteiger partial charge on any atom is 0.138 e. The molecule has 0 aliphatic rings. The van der Waals surface area contributed by atoms with Crippen LogP contribution in [0.5, 0.6) is 5.75 Å². The molecule has 98 valence electrons. The van der Waals surface area contributed by atoms with E-state index in [4.69, 9.17) is 22.1 Å². The van der Waals surface area contributed by atoms with Gasteiger partial charge in [-0.25, -0.2) is 0 Å². The van der Waals surface area contributed by atoms with Gasteiger partial charge in [-0.15, -0.1) is 0 Å². The molecule has 1 unspecified atom stereocenters. The summed E-state index contributed by atoms with van der Waals surface area (Å²) in [6.07, 6.45) is 0. The van der Waals surface area contributed by atoms with E-state index in [2.05, 4.69) is 25.5 Å². The van der Waals surface area contributed by atoms with Crippen molar-refractivity contribution in [3.8, 4) is 5.75 Å². The van der Waals surface area contributed by atoms with Crippen LogP contribution >= 0.6 is 11.6 Å². The topological polar surface area (TPSA) is 40.2 Å². The van der Waals surface area contributed by atoms with E-state index in [0.29, 0.717) is 23.2 Å². The van der Waals surface area contributed by atoms with E-state index < -0.39 is 0 Å². The summed E-state index contributed by atoms with van der Waals surface area (Å²) in [5.74, 6) is 1.04. The van der Waals surface area contributed by atoms with E-state index >= 15 is 0 Å². The summed E-state index contributed by atoms with van der Waals surface area (Å²) >= 11 is 6.19. The average molecular weight is 267 g/mol. The molecule has 2 aromatic rings. The van der Waals surface area contributed by atoms with Crippen molar-refractivity contribution in [2.45, 2.75) is 19.8 Å². The lowest BCUT2D eigenvalue weighted by Crippen LogP contribution is -2.13. The lowest BCUT2D eigenvalue weighted by molar-refractivity contribution is 0.415. The number of fused-ring (bicyclic) bond motifs is 1. The van der Waals surface area contributed by atoms with Crippen LogP contribution in [-0.4, -0.2) is 18.2 Å². The van der Waals surface area contributed by atoms with Gasteiger partial charge in [0.2, 0.25) is 0 Å². The van der Waals surface area contributed by atoms with Crippen LogP contribution in [0.1, 0.15) is 24.1 Å². The van der Waals surface area contributed by atoms with Crippen molar-refractivity contribution < 1.29 is 4.74 Å². The minimum Gasteiger partial charge on any atom is -0.495 e. The van der Waals surface area contributed by atoms with Gasteiger partial charge in [-0.3, -0.25) is 0 Å². The van der Waals surface area contributed by atoms with Crippen LogP contribution in [0.4, 0.5) is 0 Å². The number of benzene rings is 1. The van der Waals surface area contributed by atoms with Crippen molar-refractivity contribution in [2.24, 2.45) is 12.8 Å². The third-order valence-electron chi connectivity index (χ3n) is 3.60. The van der Waals surface area contributed by atoms with E-state index in [1.807, 2.05) is 12.1 Å². The fraction of sp³-hybridized carbons (Fsp3) is 0.429. The zero-order valence-electron chi connectivity index (χ0n) is 11.2. The number of halogens is 1. The second kappa shape index (κ2) is 4.82. The van der Waals surface area contributed by atoms with Crippen LogP contribution in [0, 0.1) is 6.92 Å². The summed E-state index contributed by atoms with van der Waals surface area (Å²) < 4.78 is 7.45. The van der Waals surface area contributed by atoms with Gasteiger partial charge >= 0.3 is 0 Å². The van der Waals surface area contributed by atoms with E-state index in [1.165, 1.54) is 16.6 Å². The Balaban J connectivity index is 2.77. The molecule has 1 aromatic carbocycles. The largest absolute Gasteiger partial charge is 0.495 e. The standard InChI is InChI=1S/C14H19ClN2O/c1-8(7-16)14-9(2)10-5-13(18-4)11(15)6-12(10)17(14)3/h5-6,8H,7,16H2,1-4H3. The Morgan fingerprint density at radius 1 is 1.44 bits per heavy atom.